The summed E-state index contributed by atoms with van der Waals surface area (Å²) in [6.07, 6.45) is 9.29. The van der Waals surface area contributed by atoms with Crippen molar-refractivity contribution in [1.29, 1.82) is 0 Å². The van der Waals surface area contributed by atoms with Crippen LogP contribution in [0.1, 0.15) is 37.9 Å². The van der Waals surface area contributed by atoms with Crippen LogP contribution in [0.3, 0.4) is 0 Å². The number of hydrogen-bond donors (Lipinski definition) is 1. The van der Waals surface area contributed by atoms with Gasteiger partial charge in [-0.25, -0.2) is 9.97 Å². The fraction of sp³-hybridized carbons (Fsp3) is 0.600. The molecule has 0 amide bonds. The van der Waals surface area contributed by atoms with E-state index in [1.807, 2.05) is 6.07 Å². The minimum atomic E-state index is -0.250. The van der Waals surface area contributed by atoms with Gasteiger partial charge >= 0.3 is 0 Å². The molecule has 0 atom stereocenters. The Kier molecular flexibility index (Phi) is 2.27. The summed E-state index contributed by atoms with van der Waals surface area (Å²) in [5.41, 5.74) is 6.00. The maximum Gasteiger partial charge on any atom is 0.147 e. The monoisotopic (exact) mass is 177 g/mol. The van der Waals surface area contributed by atoms with Gasteiger partial charge in [0.2, 0.25) is 0 Å². The highest BCUT2D eigenvalue weighted by atomic mass is 15.0. The Morgan fingerprint density at radius 3 is 2.31 bits per heavy atom. The van der Waals surface area contributed by atoms with Crippen LogP contribution in [0.2, 0.25) is 0 Å². The number of nitrogens with two attached hydrogens (primary N) is 1. The lowest BCUT2D eigenvalue weighted by Gasteiger charge is -2.31. The van der Waals surface area contributed by atoms with Gasteiger partial charge in [-0.05, 0) is 18.9 Å². The SMILES string of the molecule is NC1(c2ncccn2)CCCCC1. The lowest BCUT2D eigenvalue weighted by atomic mass is 9.82. The van der Waals surface area contributed by atoms with Gasteiger partial charge < -0.3 is 5.73 Å². The molecule has 1 aromatic heterocycles. The largest absolute Gasteiger partial charge is 0.319 e. The molecule has 1 aliphatic rings. The van der Waals surface area contributed by atoms with E-state index in [0.29, 0.717) is 0 Å². The van der Waals surface area contributed by atoms with Crippen LogP contribution >= 0.6 is 0 Å². The molecule has 0 aliphatic heterocycles. The van der Waals surface area contributed by atoms with Crippen LogP contribution in [0.15, 0.2) is 18.5 Å². The van der Waals surface area contributed by atoms with Crippen molar-refractivity contribution >= 4 is 0 Å². The Morgan fingerprint density at radius 2 is 1.69 bits per heavy atom. The molecule has 0 saturated heterocycles. The summed E-state index contributed by atoms with van der Waals surface area (Å²) in [6, 6.07) is 1.83. The Hall–Kier alpha value is -0.960. The van der Waals surface area contributed by atoms with E-state index in [2.05, 4.69) is 9.97 Å². The molecule has 70 valence electrons. The van der Waals surface area contributed by atoms with E-state index >= 15 is 0 Å². The lowest BCUT2D eigenvalue weighted by Crippen LogP contribution is -2.40. The molecule has 1 fully saturated rings. The van der Waals surface area contributed by atoms with Crippen molar-refractivity contribution in [1.82, 2.24) is 9.97 Å². The van der Waals surface area contributed by atoms with Gasteiger partial charge in [0.25, 0.3) is 0 Å². The molecule has 1 heterocycles. The summed E-state index contributed by atoms with van der Waals surface area (Å²) in [7, 11) is 0. The third kappa shape index (κ3) is 1.70. The van der Waals surface area contributed by atoms with Crippen molar-refractivity contribution in [3.63, 3.8) is 0 Å². The average Bonchev–Trinajstić information content (AvgIpc) is 2.20. The fourth-order valence-electron chi connectivity index (χ4n) is 1.96. The topological polar surface area (TPSA) is 51.8 Å². The molecule has 0 unspecified atom stereocenters. The Bertz CT molecular complexity index is 265. The van der Waals surface area contributed by atoms with Gasteiger partial charge in [0.05, 0.1) is 5.54 Å². The molecule has 0 aromatic carbocycles. The molecule has 1 aromatic rings. The Morgan fingerprint density at radius 1 is 1.08 bits per heavy atom. The molecule has 2 rings (SSSR count). The summed E-state index contributed by atoms with van der Waals surface area (Å²) in [4.78, 5) is 8.48. The van der Waals surface area contributed by atoms with Gasteiger partial charge in [-0.3, -0.25) is 0 Å². The van der Waals surface area contributed by atoms with Gasteiger partial charge in [0, 0.05) is 12.4 Å². The van der Waals surface area contributed by atoms with Crippen molar-refractivity contribution in [2.75, 3.05) is 0 Å². The summed E-state index contributed by atoms with van der Waals surface area (Å²) in [5.74, 6) is 0.815. The van der Waals surface area contributed by atoms with Gasteiger partial charge in [-0.2, -0.15) is 0 Å². The maximum absolute atomic E-state index is 6.26. The van der Waals surface area contributed by atoms with E-state index in [1.54, 1.807) is 12.4 Å². The first kappa shape index (κ1) is 8.63. The van der Waals surface area contributed by atoms with E-state index in [0.717, 1.165) is 18.7 Å². The van der Waals surface area contributed by atoms with Crippen molar-refractivity contribution in [3.05, 3.63) is 24.3 Å². The molecule has 1 saturated carbocycles. The second kappa shape index (κ2) is 3.42. The normalized spacial score (nSPS) is 21.3. The zero-order valence-electron chi connectivity index (χ0n) is 7.74. The highest BCUT2D eigenvalue weighted by molar-refractivity contribution is 5.05. The summed E-state index contributed by atoms with van der Waals surface area (Å²) < 4.78 is 0. The number of aromatic nitrogens is 2. The maximum atomic E-state index is 6.26. The second-order valence-electron chi connectivity index (χ2n) is 3.79. The summed E-state index contributed by atoms with van der Waals surface area (Å²) in [5, 5.41) is 0. The zero-order chi connectivity index (χ0) is 9.15. The minimum absolute atomic E-state index is 0.250. The van der Waals surface area contributed by atoms with Crippen LogP contribution in [0.5, 0.6) is 0 Å². The first-order chi connectivity index (χ1) is 6.31. The predicted molar refractivity (Wildman–Crippen MR) is 51.0 cm³/mol. The summed E-state index contributed by atoms with van der Waals surface area (Å²) >= 11 is 0. The molecular formula is C10H15N3. The summed E-state index contributed by atoms with van der Waals surface area (Å²) in [6.45, 7) is 0. The third-order valence-corrected chi connectivity index (χ3v) is 2.76. The van der Waals surface area contributed by atoms with E-state index in [9.17, 15) is 0 Å². The highest BCUT2D eigenvalue weighted by Gasteiger charge is 2.31. The molecule has 2 N–H and O–H groups in total. The van der Waals surface area contributed by atoms with E-state index < -0.39 is 0 Å². The van der Waals surface area contributed by atoms with Crippen molar-refractivity contribution in [3.8, 4) is 0 Å². The van der Waals surface area contributed by atoms with Crippen LogP contribution in [0.25, 0.3) is 0 Å². The van der Waals surface area contributed by atoms with Crippen LogP contribution in [-0.2, 0) is 5.54 Å². The molecular weight excluding hydrogens is 162 g/mol. The van der Waals surface area contributed by atoms with Crippen LogP contribution in [-0.4, -0.2) is 9.97 Å². The Balaban J connectivity index is 2.23. The molecule has 0 spiro atoms. The Labute approximate surface area is 78.4 Å². The fourth-order valence-corrected chi connectivity index (χ4v) is 1.96. The smallest absolute Gasteiger partial charge is 0.147 e. The van der Waals surface area contributed by atoms with E-state index in [1.165, 1.54) is 19.3 Å². The third-order valence-electron chi connectivity index (χ3n) is 2.76. The van der Waals surface area contributed by atoms with Crippen LogP contribution in [0, 0.1) is 0 Å². The molecule has 1 aliphatic carbocycles. The van der Waals surface area contributed by atoms with E-state index in [4.69, 9.17) is 5.73 Å². The second-order valence-corrected chi connectivity index (χ2v) is 3.79. The van der Waals surface area contributed by atoms with Crippen molar-refractivity contribution < 1.29 is 0 Å². The van der Waals surface area contributed by atoms with Gasteiger partial charge in [-0.15, -0.1) is 0 Å². The first-order valence-electron chi connectivity index (χ1n) is 4.88. The van der Waals surface area contributed by atoms with E-state index in [-0.39, 0.29) is 5.54 Å². The number of hydrogen-bond acceptors (Lipinski definition) is 3. The molecule has 3 heteroatoms. The lowest BCUT2D eigenvalue weighted by molar-refractivity contribution is 0.287. The van der Waals surface area contributed by atoms with Crippen LogP contribution in [0.4, 0.5) is 0 Å². The predicted octanol–water partition coefficient (Wildman–Crippen LogP) is 1.59. The standard InChI is InChI=1S/C10H15N3/c11-10(5-2-1-3-6-10)9-12-7-4-8-13-9/h4,7-8H,1-3,5-6,11H2. The number of rotatable bonds is 1. The molecule has 3 nitrogen and oxygen atoms in total. The number of nitrogens with zero attached hydrogens (tertiary/aromatic N) is 2. The average molecular weight is 177 g/mol. The molecule has 0 radical (unpaired) electrons. The van der Waals surface area contributed by atoms with Crippen molar-refractivity contribution in [2.45, 2.75) is 37.6 Å². The van der Waals surface area contributed by atoms with Crippen LogP contribution < -0.4 is 5.73 Å². The van der Waals surface area contributed by atoms with Gasteiger partial charge in [0.1, 0.15) is 5.82 Å². The van der Waals surface area contributed by atoms with Crippen molar-refractivity contribution in [2.24, 2.45) is 5.73 Å². The highest BCUT2D eigenvalue weighted by Crippen LogP contribution is 2.32. The van der Waals surface area contributed by atoms with Gasteiger partial charge in [-0.1, -0.05) is 19.3 Å². The van der Waals surface area contributed by atoms with Gasteiger partial charge in [0.15, 0.2) is 0 Å². The molecule has 13 heavy (non-hydrogen) atoms. The minimum Gasteiger partial charge on any atom is -0.319 e. The quantitative estimate of drug-likeness (QED) is 0.708. The molecule has 0 bridgehead atoms. The zero-order valence-corrected chi connectivity index (χ0v) is 7.74. The first-order valence-corrected chi connectivity index (χ1v) is 4.88.